The summed E-state index contributed by atoms with van der Waals surface area (Å²) in [6.45, 7) is 10.7. The number of rotatable bonds is 9. The summed E-state index contributed by atoms with van der Waals surface area (Å²) < 4.78 is 19.4. The fourth-order valence-electron chi connectivity index (χ4n) is 3.53. The van der Waals surface area contributed by atoms with Crippen LogP contribution in [-0.2, 0) is 27.4 Å². The second-order valence-corrected chi connectivity index (χ2v) is 7.45. The van der Waals surface area contributed by atoms with Gasteiger partial charge in [0.1, 0.15) is 12.4 Å². The van der Waals surface area contributed by atoms with Gasteiger partial charge in [0, 0.05) is 19.0 Å². The first-order valence-corrected chi connectivity index (χ1v) is 10.3. The summed E-state index contributed by atoms with van der Waals surface area (Å²) in [5.74, 6) is 1.63. The summed E-state index contributed by atoms with van der Waals surface area (Å²) in [7, 11) is 0. The van der Waals surface area contributed by atoms with E-state index >= 15 is 0 Å². The summed E-state index contributed by atoms with van der Waals surface area (Å²) >= 11 is 0. The van der Waals surface area contributed by atoms with Gasteiger partial charge >= 0.3 is 0 Å². The first-order valence-electron chi connectivity index (χ1n) is 10.3. The number of nitrogens with zero attached hydrogens (tertiary/aromatic N) is 4. The predicted molar refractivity (Wildman–Crippen MR) is 114 cm³/mol. The van der Waals surface area contributed by atoms with Crippen molar-refractivity contribution in [2.24, 2.45) is 0 Å². The first kappa shape index (κ1) is 20.4. The van der Waals surface area contributed by atoms with Crippen molar-refractivity contribution in [2.75, 3.05) is 32.9 Å². The molecule has 1 aliphatic rings. The van der Waals surface area contributed by atoms with Crippen molar-refractivity contribution < 1.29 is 14.2 Å². The Morgan fingerprint density at radius 3 is 2.67 bits per heavy atom. The summed E-state index contributed by atoms with van der Waals surface area (Å²) in [6, 6.07) is 16.1. The SMILES string of the molecule is C=C(OCc1cccc2nnc(C(C)COCc3ccccc3)n12)N1CCOCC1. The Labute approximate surface area is 176 Å². The van der Waals surface area contributed by atoms with E-state index < -0.39 is 0 Å². The van der Waals surface area contributed by atoms with Crippen LogP contribution in [0.1, 0.15) is 29.9 Å². The molecule has 7 nitrogen and oxygen atoms in total. The van der Waals surface area contributed by atoms with Crippen LogP contribution >= 0.6 is 0 Å². The molecule has 7 heteroatoms. The molecule has 0 saturated carbocycles. The minimum Gasteiger partial charge on any atom is -0.473 e. The molecular formula is C23H28N4O3. The van der Waals surface area contributed by atoms with Crippen LogP contribution in [0.15, 0.2) is 61.0 Å². The number of hydrogen-bond donors (Lipinski definition) is 0. The highest BCUT2D eigenvalue weighted by Gasteiger charge is 2.18. The molecule has 4 rings (SSSR count). The lowest BCUT2D eigenvalue weighted by atomic mass is 10.2. The summed E-state index contributed by atoms with van der Waals surface area (Å²) in [5.41, 5.74) is 2.95. The fourth-order valence-corrected chi connectivity index (χ4v) is 3.53. The third kappa shape index (κ3) is 4.80. The van der Waals surface area contributed by atoms with E-state index in [2.05, 4.69) is 45.1 Å². The summed E-state index contributed by atoms with van der Waals surface area (Å²) in [6.07, 6.45) is 0. The summed E-state index contributed by atoms with van der Waals surface area (Å²) in [4.78, 5) is 2.11. The molecule has 3 heterocycles. The molecule has 0 bridgehead atoms. The minimum atomic E-state index is 0.0901. The van der Waals surface area contributed by atoms with Crippen LogP contribution in [0, 0.1) is 0 Å². The van der Waals surface area contributed by atoms with Gasteiger partial charge in [0.2, 0.25) is 0 Å². The van der Waals surface area contributed by atoms with Gasteiger partial charge in [-0.2, -0.15) is 0 Å². The molecule has 1 unspecified atom stereocenters. The monoisotopic (exact) mass is 408 g/mol. The lowest BCUT2D eigenvalue weighted by Crippen LogP contribution is -2.36. The molecule has 1 aliphatic heterocycles. The highest BCUT2D eigenvalue weighted by atomic mass is 16.5. The number of fused-ring (bicyclic) bond motifs is 1. The topological polar surface area (TPSA) is 61.1 Å². The van der Waals surface area contributed by atoms with E-state index in [0.717, 1.165) is 35.8 Å². The van der Waals surface area contributed by atoms with Gasteiger partial charge in [-0.25, -0.2) is 0 Å². The molecule has 158 valence electrons. The van der Waals surface area contributed by atoms with Crippen LogP contribution in [0.4, 0.5) is 0 Å². The molecule has 1 atom stereocenters. The average Bonchev–Trinajstić information content (AvgIpc) is 3.24. The van der Waals surface area contributed by atoms with Crippen molar-refractivity contribution in [1.29, 1.82) is 0 Å². The van der Waals surface area contributed by atoms with Crippen LogP contribution in [0.25, 0.3) is 5.65 Å². The Kier molecular flexibility index (Phi) is 6.61. The number of benzene rings is 1. The van der Waals surface area contributed by atoms with Crippen LogP contribution in [0.5, 0.6) is 0 Å². The zero-order valence-electron chi connectivity index (χ0n) is 17.4. The number of ether oxygens (including phenoxy) is 3. The van der Waals surface area contributed by atoms with Gasteiger partial charge in [0.05, 0.1) is 32.1 Å². The van der Waals surface area contributed by atoms with Gasteiger partial charge < -0.3 is 19.1 Å². The zero-order valence-corrected chi connectivity index (χ0v) is 17.4. The number of aromatic nitrogens is 3. The second kappa shape index (κ2) is 9.73. The fraction of sp³-hybridized carbons (Fsp3) is 0.391. The Bertz CT molecular complexity index is 967. The molecule has 0 radical (unpaired) electrons. The normalized spacial score (nSPS) is 15.3. The molecule has 1 fully saturated rings. The third-order valence-corrected chi connectivity index (χ3v) is 5.20. The lowest BCUT2D eigenvalue weighted by Gasteiger charge is -2.29. The summed E-state index contributed by atoms with van der Waals surface area (Å²) in [5, 5.41) is 8.76. The van der Waals surface area contributed by atoms with E-state index in [1.807, 2.05) is 36.4 Å². The molecule has 1 aromatic carbocycles. The molecule has 2 aromatic heterocycles. The largest absolute Gasteiger partial charge is 0.473 e. The highest BCUT2D eigenvalue weighted by molar-refractivity contribution is 5.40. The van der Waals surface area contributed by atoms with Crippen LogP contribution < -0.4 is 0 Å². The third-order valence-electron chi connectivity index (χ3n) is 5.20. The number of hydrogen-bond acceptors (Lipinski definition) is 6. The molecule has 0 aliphatic carbocycles. The van der Waals surface area contributed by atoms with Crippen molar-refractivity contribution >= 4 is 5.65 Å². The predicted octanol–water partition coefficient (Wildman–Crippen LogP) is 3.37. The van der Waals surface area contributed by atoms with Gasteiger partial charge in [-0.15, -0.1) is 10.2 Å². The van der Waals surface area contributed by atoms with Crippen molar-refractivity contribution in [3.63, 3.8) is 0 Å². The van der Waals surface area contributed by atoms with Gasteiger partial charge in [-0.05, 0) is 24.3 Å². The Morgan fingerprint density at radius 1 is 1.07 bits per heavy atom. The molecule has 0 spiro atoms. The van der Waals surface area contributed by atoms with Gasteiger partial charge in [0.15, 0.2) is 11.5 Å². The number of morpholine rings is 1. The van der Waals surface area contributed by atoms with E-state index in [1.54, 1.807) is 0 Å². The maximum absolute atomic E-state index is 5.99. The smallest absolute Gasteiger partial charge is 0.182 e. The molecule has 0 amide bonds. The van der Waals surface area contributed by atoms with Crippen LogP contribution in [0.3, 0.4) is 0 Å². The van der Waals surface area contributed by atoms with Crippen LogP contribution in [-0.4, -0.2) is 52.4 Å². The molecular weight excluding hydrogens is 380 g/mol. The minimum absolute atomic E-state index is 0.0901. The first-order chi connectivity index (χ1) is 14.7. The van der Waals surface area contributed by atoms with Crippen molar-refractivity contribution in [2.45, 2.75) is 26.1 Å². The maximum atomic E-state index is 5.99. The van der Waals surface area contributed by atoms with Crippen molar-refractivity contribution in [3.8, 4) is 0 Å². The molecule has 3 aromatic rings. The van der Waals surface area contributed by atoms with Crippen molar-refractivity contribution in [1.82, 2.24) is 19.5 Å². The van der Waals surface area contributed by atoms with E-state index in [1.165, 1.54) is 0 Å². The van der Waals surface area contributed by atoms with Crippen LogP contribution in [0.2, 0.25) is 0 Å². The molecule has 30 heavy (non-hydrogen) atoms. The Balaban J connectivity index is 1.41. The highest BCUT2D eigenvalue weighted by Crippen LogP contribution is 2.19. The molecule has 0 N–H and O–H groups in total. The van der Waals surface area contributed by atoms with E-state index in [9.17, 15) is 0 Å². The van der Waals surface area contributed by atoms with E-state index in [-0.39, 0.29) is 5.92 Å². The van der Waals surface area contributed by atoms with E-state index in [0.29, 0.717) is 38.9 Å². The zero-order chi connectivity index (χ0) is 20.8. The Morgan fingerprint density at radius 2 is 1.87 bits per heavy atom. The Hall–Kier alpha value is -2.90. The quantitative estimate of drug-likeness (QED) is 0.506. The molecule has 1 saturated heterocycles. The standard InChI is InChI=1S/C23H28N4O3/c1-18(15-29-16-20-7-4-3-5-8-20)23-25-24-22-10-6-9-21(27(22)23)17-30-19(2)26-11-13-28-14-12-26/h3-10,18H,2,11-17H2,1H3. The second-order valence-electron chi connectivity index (χ2n) is 7.45. The van der Waals surface area contributed by atoms with E-state index in [4.69, 9.17) is 14.2 Å². The van der Waals surface area contributed by atoms with Gasteiger partial charge in [-0.3, -0.25) is 4.40 Å². The van der Waals surface area contributed by atoms with Crippen molar-refractivity contribution in [3.05, 3.63) is 78.1 Å². The van der Waals surface area contributed by atoms with Gasteiger partial charge in [-0.1, -0.05) is 43.3 Å². The van der Waals surface area contributed by atoms with Gasteiger partial charge in [0.25, 0.3) is 0 Å². The average molecular weight is 409 g/mol. The maximum Gasteiger partial charge on any atom is 0.182 e. The lowest BCUT2D eigenvalue weighted by molar-refractivity contribution is 0.0113. The number of pyridine rings is 1.